The number of methoxy groups -OCH3 is 1. The van der Waals surface area contributed by atoms with Crippen LogP contribution in [0.15, 0.2) is 36.4 Å². The molecule has 3 rings (SSSR count). The topological polar surface area (TPSA) is 96.0 Å². The minimum absolute atomic E-state index is 0.0232. The van der Waals surface area contributed by atoms with Crippen LogP contribution in [0.3, 0.4) is 0 Å². The number of hydrogen-bond acceptors (Lipinski definition) is 5. The molecule has 0 aromatic heterocycles. The molecule has 0 radical (unpaired) electrons. The Labute approximate surface area is 207 Å². The van der Waals surface area contributed by atoms with Gasteiger partial charge in [-0.05, 0) is 57.7 Å². The van der Waals surface area contributed by atoms with E-state index >= 15 is 0 Å². The molecule has 1 aliphatic carbocycles. The van der Waals surface area contributed by atoms with Gasteiger partial charge in [-0.1, -0.05) is 31.2 Å². The number of amides is 4. The van der Waals surface area contributed by atoms with E-state index in [-0.39, 0.29) is 55.0 Å². The molecule has 3 atom stereocenters. The number of likely N-dealkylation sites (tertiary alicyclic amines) is 1. The zero-order valence-electron chi connectivity index (χ0n) is 21.4. The summed E-state index contributed by atoms with van der Waals surface area (Å²) in [6.07, 6.45) is 5.40. The smallest absolute Gasteiger partial charge is 0.243 e. The number of nitrogens with one attached hydrogen (secondary N) is 1. The quantitative estimate of drug-likeness (QED) is 0.430. The molecular formula is C27H37N3O5. The van der Waals surface area contributed by atoms with Crippen molar-refractivity contribution in [2.24, 2.45) is 11.8 Å². The average molecular weight is 484 g/mol. The van der Waals surface area contributed by atoms with Crippen molar-refractivity contribution in [2.75, 3.05) is 13.7 Å². The number of fused-ring (bicyclic) bond motifs is 1. The van der Waals surface area contributed by atoms with E-state index < -0.39 is 11.6 Å². The molecule has 8 heteroatoms. The van der Waals surface area contributed by atoms with E-state index in [1.54, 1.807) is 12.0 Å². The van der Waals surface area contributed by atoms with Crippen LogP contribution in [0.4, 0.5) is 0 Å². The van der Waals surface area contributed by atoms with Crippen molar-refractivity contribution < 1.29 is 23.9 Å². The highest BCUT2D eigenvalue weighted by Gasteiger charge is 2.47. The molecular weight excluding hydrogens is 446 g/mol. The summed E-state index contributed by atoms with van der Waals surface area (Å²) in [6, 6.07) is 6.68. The fourth-order valence-corrected chi connectivity index (χ4v) is 4.78. The summed E-state index contributed by atoms with van der Waals surface area (Å²) in [7, 11) is 1.57. The molecule has 0 bridgehead atoms. The second-order valence-electron chi connectivity index (χ2n) is 10.3. The molecule has 1 aliphatic heterocycles. The zero-order chi connectivity index (χ0) is 25.8. The first-order valence-electron chi connectivity index (χ1n) is 12.3. The first kappa shape index (κ1) is 26.4. The molecule has 1 saturated heterocycles. The van der Waals surface area contributed by atoms with Gasteiger partial charge in [0.1, 0.15) is 11.8 Å². The third kappa shape index (κ3) is 6.29. The molecule has 1 fully saturated rings. The second-order valence-corrected chi connectivity index (χ2v) is 10.3. The molecule has 0 saturated carbocycles. The van der Waals surface area contributed by atoms with Crippen LogP contribution in [0.2, 0.25) is 0 Å². The van der Waals surface area contributed by atoms with Crippen LogP contribution in [0.25, 0.3) is 0 Å². The summed E-state index contributed by atoms with van der Waals surface area (Å²) in [4.78, 5) is 55.1. The fourth-order valence-electron chi connectivity index (χ4n) is 4.78. The van der Waals surface area contributed by atoms with Gasteiger partial charge in [0, 0.05) is 25.0 Å². The van der Waals surface area contributed by atoms with Gasteiger partial charge in [-0.25, -0.2) is 0 Å². The Balaban J connectivity index is 1.79. The molecule has 190 valence electrons. The summed E-state index contributed by atoms with van der Waals surface area (Å²) in [5, 5.41) is 2.98. The monoisotopic (exact) mass is 483 g/mol. The van der Waals surface area contributed by atoms with Gasteiger partial charge in [-0.2, -0.15) is 0 Å². The Kier molecular flexibility index (Phi) is 8.35. The summed E-state index contributed by atoms with van der Waals surface area (Å²) in [6.45, 7) is 7.78. The highest BCUT2D eigenvalue weighted by Crippen LogP contribution is 2.35. The van der Waals surface area contributed by atoms with Crippen molar-refractivity contribution in [3.63, 3.8) is 0 Å². The van der Waals surface area contributed by atoms with E-state index in [1.807, 2.05) is 64.1 Å². The van der Waals surface area contributed by atoms with Gasteiger partial charge in [0.25, 0.3) is 0 Å². The van der Waals surface area contributed by atoms with Gasteiger partial charge >= 0.3 is 0 Å². The minimum Gasteiger partial charge on any atom is -0.497 e. The van der Waals surface area contributed by atoms with Crippen molar-refractivity contribution in [3.05, 3.63) is 42.0 Å². The lowest BCUT2D eigenvalue weighted by atomic mass is 9.85. The third-order valence-electron chi connectivity index (χ3n) is 6.52. The summed E-state index contributed by atoms with van der Waals surface area (Å²) in [5.74, 6) is -0.901. The number of carbonyl (C=O) groups is 4. The van der Waals surface area contributed by atoms with Crippen molar-refractivity contribution >= 4 is 23.6 Å². The SMILES string of the molecule is CC[C@H](C(=O)NC(C)(C)C)N(Cc1cccc(OC)c1)C(=O)CCN1C(=O)[C@H]2CC=CC[C@H]2C1=O. The van der Waals surface area contributed by atoms with Crippen LogP contribution in [0.1, 0.15) is 58.9 Å². The Bertz CT molecular complexity index is 971. The first-order chi connectivity index (χ1) is 16.6. The highest BCUT2D eigenvalue weighted by atomic mass is 16.5. The van der Waals surface area contributed by atoms with Gasteiger partial charge in [-0.3, -0.25) is 24.1 Å². The van der Waals surface area contributed by atoms with Gasteiger partial charge in [0.15, 0.2) is 0 Å². The molecule has 8 nitrogen and oxygen atoms in total. The lowest BCUT2D eigenvalue weighted by Crippen LogP contribution is -2.53. The van der Waals surface area contributed by atoms with Gasteiger partial charge in [-0.15, -0.1) is 0 Å². The van der Waals surface area contributed by atoms with E-state index in [2.05, 4.69) is 5.32 Å². The third-order valence-corrected chi connectivity index (χ3v) is 6.52. The van der Waals surface area contributed by atoms with E-state index in [4.69, 9.17) is 4.74 Å². The Morgan fingerprint density at radius 2 is 1.77 bits per heavy atom. The molecule has 1 N–H and O–H groups in total. The number of imide groups is 1. The number of rotatable bonds is 9. The summed E-state index contributed by atoms with van der Waals surface area (Å²) in [5.41, 5.74) is 0.374. The van der Waals surface area contributed by atoms with Crippen LogP contribution in [-0.2, 0) is 25.7 Å². The number of hydrogen-bond donors (Lipinski definition) is 1. The minimum atomic E-state index is -0.690. The maximum Gasteiger partial charge on any atom is 0.243 e. The lowest BCUT2D eigenvalue weighted by Gasteiger charge is -2.33. The van der Waals surface area contributed by atoms with Crippen LogP contribution in [0.5, 0.6) is 5.75 Å². The zero-order valence-corrected chi connectivity index (χ0v) is 21.4. The van der Waals surface area contributed by atoms with Crippen molar-refractivity contribution in [3.8, 4) is 5.75 Å². The average Bonchev–Trinajstić information content (AvgIpc) is 3.06. The lowest BCUT2D eigenvalue weighted by molar-refractivity contribution is -0.144. The fraction of sp³-hybridized carbons (Fsp3) is 0.556. The molecule has 0 spiro atoms. The Hall–Kier alpha value is -3.16. The van der Waals surface area contributed by atoms with Gasteiger partial charge < -0.3 is 15.0 Å². The van der Waals surface area contributed by atoms with Crippen LogP contribution < -0.4 is 10.1 Å². The largest absolute Gasteiger partial charge is 0.497 e. The molecule has 1 aromatic rings. The summed E-state index contributed by atoms with van der Waals surface area (Å²) >= 11 is 0. The molecule has 35 heavy (non-hydrogen) atoms. The maximum atomic E-state index is 13.5. The standard InChI is InChI=1S/C27H37N3O5/c1-6-22(24(32)28-27(2,3)4)30(17-18-10-9-11-19(16-18)35-5)23(31)14-15-29-25(33)20-12-7-8-13-21(20)26(29)34/h7-11,16,20-22H,6,12-15,17H2,1-5H3,(H,28,32)/t20-,21+,22-/m1/s1. The van der Waals surface area contributed by atoms with E-state index in [9.17, 15) is 19.2 Å². The molecule has 0 unspecified atom stereocenters. The molecule has 2 aliphatic rings. The van der Waals surface area contributed by atoms with Crippen LogP contribution in [-0.4, -0.2) is 58.7 Å². The molecule has 4 amide bonds. The number of nitrogens with zero attached hydrogens (tertiary/aromatic N) is 2. The number of ether oxygens (including phenoxy) is 1. The van der Waals surface area contributed by atoms with Crippen molar-refractivity contribution in [1.82, 2.24) is 15.1 Å². The second kappa shape index (κ2) is 11.1. The van der Waals surface area contributed by atoms with Crippen LogP contribution in [0, 0.1) is 11.8 Å². The first-order valence-corrected chi connectivity index (χ1v) is 12.3. The summed E-state index contributed by atoms with van der Waals surface area (Å²) < 4.78 is 5.31. The number of carbonyl (C=O) groups excluding carboxylic acids is 4. The van der Waals surface area contributed by atoms with E-state index in [0.717, 1.165) is 5.56 Å². The number of allylic oxidation sites excluding steroid dienone is 2. The maximum absolute atomic E-state index is 13.5. The highest BCUT2D eigenvalue weighted by molar-refractivity contribution is 6.05. The van der Waals surface area contributed by atoms with E-state index in [0.29, 0.717) is 25.0 Å². The van der Waals surface area contributed by atoms with Gasteiger partial charge in [0.05, 0.1) is 18.9 Å². The van der Waals surface area contributed by atoms with Crippen molar-refractivity contribution in [1.29, 1.82) is 0 Å². The Morgan fingerprint density at radius 3 is 2.31 bits per heavy atom. The number of benzene rings is 1. The Morgan fingerprint density at radius 1 is 1.14 bits per heavy atom. The normalized spacial score (nSPS) is 20.4. The predicted molar refractivity (Wildman–Crippen MR) is 132 cm³/mol. The molecule has 1 aromatic carbocycles. The van der Waals surface area contributed by atoms with Gasteiger partial charge in [0.2, 0.25) is 23.6 Å². The van der Waals surface area contributed by atoms with Crippen molar-refractivity contribution in [2.45, 2.75) is 71.5 Å². The van der Waals surface area contributed by atoms with E-state index in [1.165, 1.54) is 4.90 Å². The predicted octanol–water partition coefficient (Wildman–Crippen LogP) is 3.06. The molecule has 1 heterocycles. The van der Waals surface area contributed by atoms with Crippen LogP contribution >= 0.6 is 0 Å².